The lowest BCUT2D eigenvalue weighted by molar-refractivity contribution is -0.121. The summed E-state index contributed by atoms with van der Waals surface area (Å²) < 4.78 is 0. The fourth-order valence-electron chi connectivity index (χ4n) is 2.13. The highest BCUT2D eigenvalue weighted by atomic mass is 32.2. The van der Waals surface area contributed by atoms with Gasteiger partial charge in [-0.25, -0.2) is 0 Å². The van der Waals surface area contributed by atoms with Gasteiger partial charge in [0, 0.05) is 31.0 Å². The molecule has 0 fully saturated rings. The lowest BCUT2D eigenvalue weighted by atomic mass is 10.1. The molecule has 1 unspecified atom stereocenters. The molecule has 0 aliphatic rings. The van der Waals surface area contributed by atoms with E-state index in [9.17, 15) is 19.2 Å². The number of nitrogens with zero attached hydrogens (tertiary/aromatic N) is 1. The van der Waals surface area contributed by atoms with Crippen LogP contribution in [-0.4, -0.2) is 55.7 Å². The molecule has 0 saturated heterocycles. The molecule has 0 saturated carbocycles. The Morgan fingerprint density at radius 2 is 2.04 bits per heavy atom. The Hall–Kier alpha value is -2.15. The molecule has 6 nitrogen and oxygen atoms in total. The number of benzene rings is 1. The summed E-state index contributed by atoms with van der Waals surface area (Å²) in [6, 6.07) is 4.29. The van der Waals surface area contributed by atoms with Crippen molar-refractivity contribution in [3.8, 4) is 0 Å². The van der Waals surface area contributed by atoms with Crippen LogP contribution in [0.25, 0.3) is 0 Å². The van der Waals surface area contributed by atoms with Crippen LogP contribution in [0, 0.1) is 0 Å². The van der Waals surface area contributed by atoms with Gasteiger partial charge in [-0.1, -0.05) is 12.1 Å². The number of hydrogen-bond acceptors (Lipinski definition) is 5. The van der Waals surface area contributed by atoms with E-state index >= 15 is 0 Å². The number of aldehydes is 2. The summed E-state index contributed by atoms with van der Waals surface area (Å²) in [6.45, 7) is 0. The minimum absolute atomic E-state index is 0.141. The van der Waals surface area contributed by atoms with E-state index in [1.807, 2.05) is 6.26 Å². The summed E-state index contributed by atoms with van der Waals surface area (Å²) in [4.78, 5) is 48.5. The average molecular weight is 336 g/mol. The predicted octanol–water partition coefficient (Wildman–Crippen LogP) is 1.39. The number of hydrogen-bond donors (Lipinski definition) is 1. The first kappa shape index (κ1) is 18.9. The molecule has 23 heavy (non-hydrogen) atoms. The van der Waals surface area contributed by atoms with Crippen LogP contribution in [-0.2, 0) is 9.59 Å². The third-order valence-electron chi connectivity index (χ3n) is 3.54. The van der Waals surface area contributed by atoms with Gasteiger partial charge in [0.2, 0.25) is 5.91 Å². The molecule has 7 heteroatoms. The molecule has 2 amide bonds. The van der Waals surface area contributed by atoms with Crippen LogP contribution >= 0.6 is 11.8 Å². The topological polar surface area (TPSA) is 83.6 Å². The van der Waals surface area contributed by atoms with Crippen LogP contribution in [0.1, 0.15) is 33.6 Å². The highest BCUT2D eigenvalue weighted by Gasteiger charge is 2.25. The number of carbonyl (C=O) groups excluding carboxylic acids is 4. The quantitative estimate of drug-likeness (QED) is 0.573. The zero-order valence-corrected chi connectivity index (χ0v) is 14.2. The number of likely N-dealkylation sites (N-methyl/N-ethyl adjacent to an activating group) is 1. The lowest BCUT2D eigenvalue weighted by Gasteiger charge is -2.25. The Balaban J connectivity index is 3.05. The zero-order chi connectivity index (χ0) is 17.4. The van der Waals surface area contributed by atoms with E-state index in [2.05, 4.69) is 5.32 Å². The molecule has 0 heterocycles. The predicted molar refractivity (Wildman–Crippen MR) is 88.9 cm³/mol. The Morgan fingerprint density at radius 3 is 2.57 bits per heavy atom. The monoisotopic (exact) mass is 336 g/mol. The number of rotatable bonds is 8. The highest BCUT2D eigenvalue weighted by molar-refractivity contribution is 7.98. The average Bonchev–Trinajstić information content (AvgIpc) is 2.60. The fraction of sp³-hybridized carbons (Fsp3) is 0.375. The summed E-state index contributed by atoms with van der Waals surface area (Å²) in [5, 5.41) is 2.47. The van der Waals surface area contributed by atoms with Gasteiger partial charge in [-0.05, 0) is 18.7 Å². The summed E-state index contributed by atoms with van der Waals surface area (Å²) in [6.07, 6.45) is 3.44. The Kier molecular flexibility index (Phi) is 7.47. The van der Waals surface area contributed by atoms with Gasteiger partial charge in [-0.2, -0.15) is 0 Å². The molecule has 1 aromatic rings. The van der Waals surface area contributed by atoms with Gasteiger partial charge in [0.05, 0.1) is 11.6 Å². The van der Waals surface area contributed by atoms with E-state index in [0.717, 1.165) is 0 Å². The van der Waals surface area contributed by atoms with E-state index in [1.165, 1.54) is 30.8 Å². The molecule has 0 aliphatic carbocycles. The molecule has 1 atom stereocenters. The third-order valence-corrected chi connectivity index (χ3v) is 4.32. The molecule has 0 bridgehead atoms. The largest absolute Gasteiger partial charge is 0.359 e. The zero-order valence-electron chi connectivity index (χ0n) is 13.4. The minimum atomic E-state index is -0.728. The molecule has 1 N–H and O–H groups in total. The van der Waals surface area contributed by atoms with Crippen molar-refractivity contribution in [2.45, 2.75) is 23.8 Å². The van der Waals surface area contributed by atoms with E-state index < -0.39 is 11.9 Å². The standard InChI is InChI=1S/C16H20N2O4S/c1-17-14(21)8-7-12(10-20)18(2)16(22)15-11(9-19)5-4-6-13(15)23-3/h4-6,9-10,12H,7-8H2,1-3H3,(H,17,21). The van der Waals surface area contributed by atoms with Crippen LogP contribution in [0.4, 0.5) is 0 Å². The second-order valence-electron chi connectivity index (χ2n) is 4.87. The van der Waals surface area contributed by atoms with Crippen LogP contribution in [0.15, 0.2) is 23.1 Å². The molecule has 0 radical (unpaired) electrons. The Bertz CT molecular complexity index is 604. The number of thioether (sulfide) groups is 1. The summed E-state index contributed by atoms with van der Waals surface area (Å²) in [7, 11) is 3.01. The summed E-state index contributed by atoms with van der Waals surface area (Å²) >= 11 is 1.35. The van der Waals surface area contributed by atoms with Crippen LogP contribution in [0.2, 0.25) is 0 Å². The molecule has 1 rings (SSSR count). The van der Waals surface area contributed by atoms with Gasteiger partial charge in [0.15, 0.2) is 6.29 Å². The van der Waals surface area contributed by atoms with Crippen molar-refractivity contribution < 1.29 is 19.2 Å². The maximum Gasteiger partial charge on any atom is 0.256 e. The molecular formula is C16H20N2O4S. The Morgan fingerprint density at radius 1 is 1.35 bits per heavy atom. The van der Waals surface area contributed by atoms with Crippen molar-refractivity contribution >= 4 is 36.1 Å². The second-order valence-corrected chi connectivity index (χ2v) is 5.72. The van der Waals surface area contributed by atoms with Gasteiger partial charge in [-0.15, -0.1) is 11.8 Å². The van der Waals surface area contributed by atoms with Crippen LogP contribution < -0.4 is 5.32 Å². The molecule has 0 spiro atoms. The summed E-state index contributed by atoms with van der Waals surface area (Å²) in [5.74, 6) is -0.609. The molecule has 0 aliphatic heterocycles. The molecule has 1 aromatic carbocycles. The van der Waals surface area contributed by atoms with Crippen molar-refractivity contribution in [3.63, 3.8) is 0 Å². The molecular weight excluding hydrogens is 316 g/mol. The van der Waals surface area contributed by atoms with Crippen LogP contribution in [0.5, 0.6) is 0 Å². The van der Waals surface area contributed by atoms with Gasteiger partial charge in [0.25, 0.3) is 5.91 Å². The van der Waals surface area contributed by atoms with Crippen molar-refractivity contribution in [1.29, 1.82) is 0 Å². The van der Waals surface area contributed by atoms with E-state index in [0.29, 0.717) is 17.5 Å². The smallest absolute Gasteiger partial charge is 0.256 e. The Labute approximate surface area is 139 Å². The van der Waals surface area contributed by atoms with E-state index in [4.69, 9.17) is 0 Å². The number of amides is 2. The fourth-order valence-corrected chi connectivity index (χ4v) is 2.75. The first-order chi connectivity index (χ1) is 11.0. The van der Waals surface area contributed by atoms with E-state index in [1.54, 1.807) is 18.2 Å². The van der Waals surface area contributed by atoms with Gasteiger partial charge < -0.3 is 15.0 Å². The lowest BCUT2D eigenvalue weighted by Crippen LogP contribution is -2.39. The van der Waals surface area contributed by atoms with Crippen molar-refractivity contribution in [1.82, 2.24) is 10.2 Å². The second kappa shape index (κ2) is 9.09. The van der Waals surface area contributed by atoms with E-state index in [-0.39, 0.29) is 29.9 Å². The maximum absolute atomic E-state index is 12.7. The van der Waals surface area contributed by atoms with Gasteiger partial charge in [-0.3, -0.25) is 14.4 Å². The van der Waals surface area contributed by atoms with Crippen LogP contribution in [0.3, 0.4) is 0 Å². The van der Waals surface area contributed by atoms with Crippen molar-refractivity contribution in [2.75, 3.05) is 20.4 Å². The third kappa shape index (κ3) is 4.66. The molecule has 0 aromatic heterocycles. The first-order valence-electron chi connectivity index (χ1n) is 7.05. The summed E-state index contributed by atoms with van der Waals surface area (Å²) in [5.41, 5.74) is 0.564. The number of carbonyl (C=O) groups is 4. The minimum Gasteiger partial charge on any atom is -0.359 e. The maximum atomic E-state index is 12.7. The first-order valence-corrected chi connectivity index (χ1v) is 8.27. The van der Waals surface area contributed by atoms with Crippen molar-refractivity contribution in [3.05, 3.63) is 29.3 Å². The SMILES string of the molecule is CNC(=O)CCC(C=O)N(C)C(=O)c1c(C=O)cccc1SC. The normalized spacial score (nSPS) is 11.4. The highest BCUT2D eigenvalue weighted by Crippen LogP contribution is 2.25. The van der Waals surface area contributed by atoms with Gasteiger partial charge in [0.1, 0.15) is 6.29 Å². The molecule has 124 valence electrons. The van der Waals surface area contributed by atoms with Gasteiger partial charge >= 0.3 is 0 Å². The van der Waals surface area contributed by atoms with Crippen molar-refractivity contribution in [2.24, 2.45) is 0 Å². The number of nitrogens with one attached hydrogen (secondary N) is 1.